The van der Waals surface area contributed by atoms with E-state index in [0.29, 0.717) is 10.6 Å². The Balaban J connectivity index is 1.65. The van der Waals surface area contributed by atoms with Gasteiger partial charge in [-0.05, 0) is 35.9 Å². The number of nitrogens with one attached hydrogen (secondary N) is 2. The van der Waals surface area contributed by atoms with Crippen LogP contribution < -0.4 is 10.6 Å². The molecule has 1 unspecified atom stereocenters. The van der Waals surface area contributed by atoms with E-state index in [-0.39, 0.29) is 22.8 Å². The number of hydrogen-bond acceptors (Lipinski definition) is 4. The summed E-state index contributed by atoms with van der Waals surface area (Å²) < 4.78 is 18.4. The van der Waals surface area contributed by atoms with Crippen LogP contribution in [-0.4, -0.2) is 24.4 Å². The Hall–Kier alpha value is -2.64. The Morgan fingerprint density at radius 1 is 1.22 bits per heavy atom. The molecule has 0 spiro atoms. The maximum Gasteiger partial charge on any atom is 0.314 e. The van der Waals surface area contributed by atoms with Crippen LogP contribution >= 0.6 is 23.2 Å². The number of esters is 1. The minimum atomic E-state index is -0.920. The molecule has 0 bridgehead atoms. The number of anilines is 2. The minimum absolute atomic E-state index is 0.154. The van der Waals surface area contributed by atoms with Crippen LogP contribution in [0.25, 0.3) is 0 Å². The van der Waals surface area contributed by atoms with Gasteiger partial charge in [0.05, 0.1) is 16.6 Å². The SMILES string of the molecule is O=C(COC(=O)C1CC(=O)Nc2cc(F)ccc21)Nc1cc(Cl)ccc1Cl. The summed E-state index contributed by atoms with van der Waals surface area (Å²) >= 11 is 11.8. The molecule has 0 aliphatic carbocycles. The molecule has 1 aliphatic rings. The molecule has 9 heteroatoms. The first-order chi connectivity index (χ1) is 12.8. The molecule has 1 atom stereocenters. The molecule has 0 fully saturated rings. The van der Waals surface area contributed by atoms with Crippen molar-refractivity contribution in [2.75, 3.05) is 17.2 Å². The number of ether oxygens (including phenoxy) is 1. The lowest BCUT2D eigenvalue weighted by atomic mass is 9.90. The molecule has 3 rings (SSSR count). The van der Waals surface area contributed by atoms with Gasteiger partial charge in [-0.2, -0.15) is 0 Å². The Bertz CT molecular complexity index is 936. The van der Waals surface area contributed by atoms with Crippen molar-refractivity contribution in [3.8, 4) is 0 Å². The lowest BCUT2D eigenvalue weighted by Gasteiger charge is -2.24. The lowest BCUT2D eigenvalue weighted by molar-refractivity contribution is -0.149. The first-order valence-corrected chi connectivity index (χ1v) is 8.60. The predicted molar refractivity (Wildman–Crippen MR) is 98.4 cm³/mol. The maximum atomic E-state index is 13.3. The summed E-state index contributed by atoms with van der Waals surface area (Å²) in [4.78, 5) is 36.1. The van der Waals surface area contributed by atoms with Crippen LogP contribution in [-0.2, 0) is 19.1 Å². The monoisotopic (exact) mass is 410 g/mol. The van der Waals surface area contributed by atoms with Crippen LogP contribution in [0.3, 0.4) is 0 Å². The van der Waals surface area contributed by atoms with Gasteiger partial charge in [0, 0.05) is 17.1 Å². The number of fused-ring (bicyclic) bond motifs is 1. The van der Waals surface area contributed by atoms with Gasteiger partial charge in [0.25, 0.3) is 5.91 Å². The Morgan fingerprint density at radius 2 is 2.00 bits per heavy atom. The topological polar surface area (TPSA) is 84.5 Å². The van der Waals surface area contributed by atoms with Gasteiger partial charge in [-0.3, -0.25) is 14.4 Å². The summed E-state index contributed by atoms with van der Waals surface area (Å²) in [5.74, 6) is -3.28. The van der Waals surface area contributed by atoms with Crippen LogP contribution in [0.2, 0.25) is 10.0 Å². The van der Waals surface area contributed by atoms with Crippen molar-refractivity contribution < 1.29 is 23.5 Å². The van der Waals surface area contributed by atoms with Crippen molar-refractivity contribution in [3.63, 3.8) is 0 Å². The molecule has 0 radical (unpaired) electrons. The van der Waals surface area contributed by atoms with E-state index in [1.54, 1.807) is 6.07 Å². The quantitative estimate of drug-likeness (QED) is 0.751. The summed E-state index contributed by atoms with van der Waals surface area (Å²) in [6.07, 6.45) is -0.154. The summed E-state index contributed by atoms with van der Waals surface area (Å²) in [6.45, 7) is -0.573. The van der Waals surface area contributed by atoms with Crippen molar-refractivity contribution in [2.45, 2.75) is 12.3 Å². The third-order valence-corrected chi connectivity index (χ3v) is 4.45. The third-order valence-electron chi connectivity index (χ3n) is 3.89. The summed E-state index contributed by atoms with van der Waals surface area (Å²) in [6, 6.07) is 8.25. The zero-order valence-corrected chi connectivity index (χ0v) is 15.2. The summed E-state index contributed by atoms with van der Waals surface area (Å²) in [5.41, 5.74) is 0.922. The molecule has 1 aliphatic heterocycles. The fourth-order valence-electron chi connectivity index (χ4n) is 2.66. The average Bonchev–Trinajstić information content (AvgIpc) is 2.61. The standard InChI is InChI=1S/C18H13Cl2FN2O4/c19-9-1-4-13(20)15(5-9)23-17(25)8-27-18(26)12-7-16(24)22-14-6-10(21)2-3-11(12)14/h1-6,12H,7-8H2,(H,22,24)(H,23,25). The van der Waals surface area contributed by atoms with E-state index in [1.807, 2.05) is 0 Å². The van der Waals surface area contributed by atoms with Crippen LogP contribution in [0.4, 0.5) is 15.8 Å². The van der Waals surface area contributed by atoms with Crippen LogP contribution in [0.15, 0.2) is 36.4 Å². The molecule has 2 amide bonds. The van der Waals surface area contributed by atoms with Gasteiger partial charge in [-0.15, -0.1) is 0 Å². The second-order valence-corrected chi connectivity index (χ2v) is 6.66. The number of benzene rings is 2. The third kappa shape index (κ3) is 4.56. The largest absolute Gasteiger partial charge is 0.455 e. The molecular weight excluding hydrogens is 398 g/mol. The molecule has 0 aromatic heterocycles. The molecule has 27 heavy (non-hydrogen) atoms. The molecule has 1 heterocycles. The normalized spacial score (nSPS) is 15.5. The van der Waals surface area contributed by atoms with E-state index in [1.165, 1.54) is 24.3 Å². The molecular formula is C18H13Cl2FN2O4. The van der Waals surface area contributed by atoms with Crippen molar-refractivity contribution in [2.24, 2.45) is 0 Å². The fraction of sp³-hybridized carbons (Fsp3) is 0.167. The predicted octanol–water partition coefficient (Wildman–Crippen LogP) is 3.74. The van der Waals surface area contributed by atoms with Gasteiger partial charge < -0.3 is 15.4 Å². The highest BCUT2D eigenvalue weighted by Gasteiger charge is 2.32. The van der Waals surface area contributed by atoms with E-state index < -0.39 is 36.1 Å². The van der Waals surface area contributed by atoms with E-state index >= 15 is 0 Å². The maximum absolute atomic E-state index is 13.3. The van der Waals surface area contributed by atoms with Gasteiger partial charge in [0.2, 0.25) is 5.91 Å². The zero-order chi connectivity index (χ0) is 19.6. The molecule has 2 aromatic rings. The van der Waals surface area contributed by atoms with Crippen LogP contribution in [0.5, 0.6) is 0 Å². The van der Waals surface area contributed by atoms with Gasteiger partial charge in [0.15, 0.2) is 6.61 Å². The molecule has 140 valence electrons. The zero-order valence-electron chi connectivity index (χ0n) is 13.7. The van der Waals surface area contributed by atoms with Gasteiger partial charge in [-0.1, -0.05) is 29.3 Å². The Labute approximate surface area is 163 Å². The smallest absolute Gasteiger partial charge is 0.314 e. The van der Waals surface area contributed by atoms with E-state index in [2.05, 4.69) is 10.6 Å². The van der Waals surface area contributed by atoms with Crippen molar-refractivity contribution in [3.05, 3.63) is 57.8 Å². The average molecular weight is 411 g/mol. The van der Waals surface area contributed by atoms with Gasteiger partial charge in [0.1, 0.15) is 5.82 Å². The molecule has 2 aromatic carbocycles. The number of carbonyl (C=O) groups excluding carboxylic acids is 3. The lowest BCUT2D eigenvalue weighted by Crippen LogP contribution is -2.30. The number of hydrogen-bond donors (Lipinski definition) is 2. The van der Waals surface area contributed by atoms with Gasteiger partial charge in [-0.25, -0.2) is 4.39 Å². The molecule has 0 saturated carbocycles. The van der Waals surface area contributed by atoms with E-state index in [0.717, 1.165) is 6.07 Å². The van der Waals surface area contributed by atoms with Crippen LogP contribution in [0.1, 0.15) is 17.9 Å². The number of halogens is 3. The molecule has 2 N–H and O–H groups in total. The first kappa shape index (κ1) is 19.1. The van der Waals surface area contributed by atoms with Crippen molar-refractivity contribution >= 4 is 52.4 Å². The van der Waals surface area contributed by atoms with E-state index in [9.17, 15) is 18.8 Å². The van der Waals surface area contributed by atoms with Crippen LogP contribution in [0, 0.1) is 5.82 Å². The summed E-state index contributed by atoms with van der Waals surface area (Å²) in [5, 5.41) is 5.64. The number of rotatable bonds is 4. The second-order valence-electron chi connectivity index (χ2n) is 5.82. The molecule has 0 saturated heterocycles. The van der Waals surface area contributed by atoms with Crippen molar-refractivity contribution in [1.82, 2.24) is 0 Å². The number of amides is 2. The highest BCUT2D eigenvalue weighted by Crippen LogP contribution is 2.33. The summed E-state index contributed by atoms with van der Waals surface area (Å²) in [7, 11) is 0. The first-order valence-electron chi connectivity index (χ1n) is 7.84. The number of carbonyl (C=O) groups is 3. The minimum Gasteiger partial charge on any atom is -0.455 e. The second kappa shape index (κ2) is 7.94. The molecule has 6 nitrogen and oxygen atoms in total. The highest BCUT2D eigenvalue weighted by molar-refractivity contribution is 6.35. The van der Waals surface area contributed by atoms with E-state index in [4.69, 9.17) is 27.9 Å². The van der Waals surface area contributed by atoms with Gasteiger partial charge >= 0.3 is 5.97 Å². The Morgan fingerprint density at radius 3 is 2.78 bits per heavy atom. The Kier molecular flexibility index (Phi) is 5.62. The highest BCUT2D eigenvalue weighted by atomic mass is 35.5. The fourth-order valence-corrected chi connectivity index (χ4v) is 3.00. The van der Waals surface area contributed by atoms with Crippen molar-refractivity contribution in [1.29, 1.82) is 0 Å².